The maximum atomic E-state index is 12.6. The second kappa shape index (κ2) is 11.9. The number of hydrogen-bond acceptors (Lipinski definition) is 14. The summed E-state index contributed by atoms with van der Waals surface area (Å²) in [7, 11) is -16.9. The molecule has 2 aromatic heterocycles. The smallest absolute Gasteiger partial charge is 0.387 e. The van der Waals surface area contributed by atoms with Crippen molar-refractivity contribution in [2.45, 2.75) is 31.1 Å². The number of nitrogens with two attached hydrogens (primary N) is 1. The van der Waals surface area contributed by atoms with E-state index >= 15 is 0 Å². The van der Waals surface area contributed by atoms with E-state index in [9.17, 15) is 38.5 Å². The standard InChI is InChI=1S/C18H23N6O14P3/c19-16-11(12-8-23(22-21-12)6-10-4-2-1-3-5-10)7-24(18(27)20-16)17-15(26)14(25)13(36-17)9-35-40(31,32)38-41(33,34)37-39(28,29)30/h1-5,7-8,13-15,17,25-26H,6,9H2,(H,31,32)(H,33,34)(H2,19,20,27)(H2,28,29,30)/t13-,14?,15+,17-/m1/s1. The van der Waals surface area contributed by atoms with Gasteiger partial charge in [0.25, 0.3) is 0 Å². The van der Waals surface area contributed by atoms with E-state index in [1.807, 2.05) is 30.3 Å². The third-order valence-electron chi connectivity index (χ3n) is 5.41. The van der Waals surface area contributed by atoms with Crippen LogP contribution in [-0.2, 0) is 38.1 Å². The van der Waals surface area contributed by atoms with E-state index in [0.29, 0.717) is 6.54 Å². The number of rotatable bonds is 11. The molecule has 0 amide bonds. The Morgan fingerprint density at radius 3 is 2.32 bits per heavy atom. The highest BCUT2D eigenvalue weighted by Gasteiger charge is 2.47. The van der Waals surface area contributed by atoms with Crippen molar-refractivity contribution in [3.63, 3.8) is 0 Å². The summed E-state index contributed by atoms with van der Waals surface area (Å²) in [5.74, 6) is -0.227. The summed E-state index contributed by atoms with van der Waals surface area (Å²) in [6.45, 7) is -0.703. The highest BCUT2D eigenvalue weighted by molar-refractivity contribution is 7.66. The zero-order chi connectivity index (χ0) is 30.2. The average Bonchev–Trinajstić information content (AvgIpc) is 3.41. The van der Waals surface area contributed by atoms with Crippen LogP contribution in [0.25, 0.3) is 11.3 Å². The number of benzene rings is 1. The first-order chi connectivity index (χ1) is 19.0. The number of hydrogen-bond donors (Lipinski definition) is 7. The number of anilines is 1. The van der Waals surface area contributed by atoms with E-state index in [1.165, 1.54) is 10.9 Å². The largest absolute Gasteiger partial charge is 0.490 e. The molecule has 8 N–H and O–H groups in total. The second-order valence-corrected chi connectivity index (χ2v) is 12.9. The minimum atomic E-state index is -5.78. The van der Waals surface area contributed by atoms with Crippen LogP contribution in [0.15, 0.2) is 47.5 Å². The first-order valence-electron chi connectivity index (χ1n) is 11.2. The number of phosphoric ester groups is 1. The lowest BCUT2D eigenvalue weighted by atomic mass is 10.1. The van der Waals surface area contributed by atoms with E-state index in [-0.39, 0.29) is 17.1 Å². The molecule has 6 atom stereocenters. The number of ether oxygens (including phenoxy) is 1. The molecule has 0 bridgehead atoms. The molecule has 23 heteroatoms. The molecule has 0 radical (unpaired) electrons. The van der Waals surface area contributed by atoms with E-state index in [0.717, 1.165) is 16.3 Å². The lowest BCUT2D eigenvalue weighted by Gasteiger charge is -2.19. The van der Waals surface area contributed by atoms with E-state index < -0.39 is 60.3 Å². The summed E-state index contributed by atoms with van der Waals surface area (Å²) < 4.78 is 53.5. The van der Waals surface area contributed by atoms with Crippen LogP contribution in [0.5, 0.6) is 0 Å². The van der Waals surface area contributed by atoms with Gasteiger partial charge in [0.1, 0.15) is 29.8 Å². The van der Waals surface area contributed by atoms with Gasteiger partial charge in [0.2, 0.25) is 0 Å². The van der Waals surface area contributed by atoms with Crippen LogP contribution in [0.3, 0.4) is 0 Å². The highest BCUT2D eigenvalue weighted by atomic mass is 31.3. The third kappa shape index (κ3) is 8.00. The quantitative estimate of drug-likeness (QED) is 0.125. The Kier molecular flexibility index (Phi) is 9.08. The number of nitrogens with zero attached hydrogens (tertiary/aromatic N) is 5. The van der Waals surface area contributed by atoms with Crippen molar-refractivity contribution in [2.24, 2.45) is 0 Å². The fourth-order valence-electron chi connectivity index (χ4n) is 3.70. The SMILES string of the molecule is Nc1nc(=O)n([C@@H]2O[C@H](COP(=O)(O)OP(=O)(O)OP(=O)(O)O)C(O)[C@@H]2O)cc1-c1cn(Cc2ccccc2)nn1. The fraction of sp³-hybridized carbons (Fsp3) is 0.333. The van der Waals surface area contributed by atoms with Crippen LogP contribution in [0.4, 0.5) is 5.82 Å². The predicted octanol–water partition coefficient (Wildman–Crippen LogP) is -0.905. The van der Waals surface area contributed by atoms with Crippen LogP contribution in [-0.4, -0.2) is 79.3 Å². The molecule has 3 unspecified atom stereocenters. The van der Waals surface area contributed by atoms with Gasteiger partial charge in [-0.3, -0.25) is 9.09 Å². The minimum absolute atomic E-state index is 0.117. The molecule has 1 aliphatic rings. The molecule has 1 saturated heterocycles. The summed E-state index contributed by atoms with van der Waals surface area (Å²) in [5.41, 5.74) is 6.15. The van der Waals surface area contributed by atoms with Gasteiger partial charge in [-0.2, -0.15) is 13.6 Å². The Morgan fingerprint density at radius 1 is 0.976 bits per heavy atom. The molecule has 0 aliphatic carbocycles. The van der Waals surface area contributed by atoms with E-state index in [2.05, 4.69) is 28.4 Å². The fourth-order valence-corrected chi connectivity index (χ4v) is 6.73. The number of aromatic nitrogens is 5. The average molecular weight is 640 g/mol. The first kappa shape index (κ1) is 31.3. The maximum absolute atomic E-state index is 12.6. The normalized spacial score (nSPS) is 24.1. The van der Waals surface area contributed by atoms with Gasteiger partial charge in [0.15, 0.2) is 6.23 Å². The van der Waals surface area contributed by atoms with Gasteiger partial charge in [-0.15, -0.1) is 5.10 Å². The molecule has 41 heavy (non-hydrogen) atoms. The van der Waals surface area contributed by atoms with Gasteiger partial charge < -0.3 is 40.3 Å². The summed E-state index contributed by atoms with van der Waals surface area (Å²) in [6, 6.07) is 9.31. The first-order valence-corrected chi connectivity index (χ1v) is 15.7. The van der Waals surface area contributed by atoms with Crippen LogP contribution in [0.2, 0.25) is 0 Å². The molecule has 20 nitrogen and oxygen atoms in total. The van der Waals surface area contributed by atoms with Crippen molar-refractivity contribution in [3.05, 3.63) is 58.8 Å². The summed E-state index contributed by atoms with van der Waals surface area (Å²) in [4.78, 5) is 52.3. The van der Waals surface area contributed by atoms with Gasteiger partial charge in [0, 0.05) is 6.20 Å². The molecule has 3 aromatic rings. The molecule has 1 fully saturated rings. The van der Waals surface area contributed by atoms with Crippen molar-refractivity contribution in [2.75, 3.05) is 12.3 Å². The lowest BCUT2D eigenvalue weighted by molar-refractivity contribution is -0.0540. The van der Waals surface area contributed by atoms with E-state index in [4.69, 9.17) is 20.3 Å². The Hall–Kier alpha value is -2.67. The van der Waals surface area contributed by atoms with Crippen molar-refractivity contribution in [1.82, 2.24) is 24.5 Å². The molecule has 1 aliphatic heterocycles. The van der Waals surface area contributed by atoms with Crippen LogP contribution in [0, 0.1) is 0 Å². The molecule has 1 aromatic carbocycles. The topological polar surface area (TPSA) is 301 Å². The third-order valence-corrected chi connectivity index (χ3v) is 9.21. The van der Waals surface area contributed by atoms with Gasteiger partial charge in [-0.1, -0.05) is 35.5 Å². The van der Waals surface area contributed by atoms with Crippen LogP contribution >= 0.6 is 23.5 Å². The zero-order valence-electron chi connectivity index (χ0n) is 20.4. The van der Waals surface area contributed by atoms with Crippen molar-refractivity contribution in [1.29, 1.82) is 0 Å². The van der Waals surface area contributed by atoms with Gasteiger partial charge in [-0.25, -0.2) is 23.2 Å². The van der Waals surface area contributed by atoms with Crippen molar-refractivity contribution in [3.8, 4) is 11.3 Å². The molecule has 4 rings (SSSR count). The number of phosphoric acid groups is 3. The number of nitrogen functional groups attached to an aromatic ring is 1. The van der Waals surface area contributed by atoms with Crippen LogP contribution < -0.4 is 11.4 Å². The maximum Gasteiger partial charge on any atom is 0.490 e. The van der Waals surface area contributed by atoms with Crippen molar-refractivity contribution < 1.29 is 61.4 Å². The lowest BCUT2D eigenvalue weighted by Crippen LogP contribution is -2.36. The Labute approximate surface area is 229 Å². The second-order valence-electron chi connectivity index (χ2n) is 8.45. The summed E-state index contributed by atoms with van der Waals surface area (Å²) >= 11 is 0. The Bertz CT molecular complexity index is 1600. The van der Waals surface area contributed by atoms with Crippen molar-refractivity contribution >= 4 is 29.3 Å². The molecule has 3 heterocycles. The molecule has 0 saturated carbocycles. The van der Waals surface area contributed by atoms with Gasteiger partial charge >= 0.3 is 29.2 Å². The van der Waals surface area contributed by atoms with Gasteiger partial charge in [0.05, 0.1) is 24.9 Å². The Balaban J connectivity index is 1.49. The number of aliphatic hydroxyl groups is 2. The summed E-state index contributed by atoms with van der Waals surface area (Å²) in [5, 5.41) is 28.9. The molecular formula is C18H23N6O14P3. The van der Waals surface area contributed by atoms with E-state index in [1.54, 1.807) is 0 Å². The Morgan fingerprint density at radius 2 is 1.66 bits per heavy atom. The van der Waals surface area contributed by atoms with Gasteiger partial charge in [-0.05, 0) is 5.56 Å². The minimum Gasteiger partial charge on any atom is -0.387 e. The molecular weight excluding hydrogens is 617 g/mol. The monoisotopic (exact) mass is 640 g/mol. The number of aliphatic hydroxyl groups excluding tert-OH is 2. The summed E-state index contributed by atoms with van der Waals surface area (Å²) in [6.07, 6.45) is -4.24. The van der Waals surface area contributed by atoms with Crippen LogP contribution in [0.1, 0.15) is 11.8 Å². The predicted molar refractivity (Wildman–Crippen MR) is 133 cm³/mol. The highest BCUT2D eigenvalue weighted by Crippen LogP contribution is 2.66. The molecule has 0 spiro atoms. The molecule has 224 valence electrons. The zero-order valence-corrected chi connectivity index (χ0v) is 23.1.